The summed E-state index contributed by atoms with van der Waals surface area (Å²) in [5.74, 6) is -0.370. The van der Waals surface area contributed by atoms with Crippen LogP contribution in [0.5, 0.6) is 5.75 Å². The number of anilines is 1. The molecule has 0 saturated carbocycles. The molecule has 0 fully saturated rings. The van der Waals surface area contributed by atoms with Gasteiger partial charge in [-0.25, -0.2) is 4.79 Å². The maximum absolute atomic E-state index is 13.8. The number of pyridine rings is 1. The minimum Gasteiger partial charge on any atom is -0.428 e. The van der Waals surface area contributed by atoms with Gasteiger partial charge in [0.1, 0.15) is 17.6 Å². The van der Waals surface area contributed by atoms with Gasteiger partial charge in [-0.15, -0.1) is 0 Å². The van der Waals surface area contributed by atoms with Crippen LogP contribution in [0.15, 0.2) is 89.8 Å². The predicted octanol–water partition coefficient (Wildman–Crippen LogP) is 6.55. The van der Waals surface area contributed by atoms with Gasteiger partial charge < -0.3 is 14.6 Å². The molecular formula is C26H21F4IN4O3. The molecule has 198 valence electrons. The number of alkyl halides is 5. The lowest BCUT2D eigenvalue weighted by Gasteiger charge is -2.35. The molecule has 12 heteroatoms. The SMILES string of the molecule is O=C(Nc1ccon1)N[C@@](Cc1ccccc1)(c1cccc(OC(F)(F)C(F)F)c1)c1ccc(CI)cn1. The van der Waals surface area contributed by atoms with E-state index in [4.69, 9.17) is 4.52 Å². The van der Waals surface area contributed by atoms with E-state index >= 15 is 0 Å². The number of halogens is 5. The first-order valence-electron chi connectivity index (χ1n) is 11.2. The molecule has 0 saturated heterocycles. The second-order valence-corrected chi connectivity index (χ2v) is 8.97. The monoisotopic (exact) mass is 640 g/mol. The molecular weight excluding hydrogens is 619 g/mol. The van der Waals surface area contributed by atoms with Crippen LogP contribution in [0.1, 0.15) is 22.4 Å². The zero-order valence-corrected chi connectivity index (χ0v) is 21.7. The fourth-order valence-electron chi connectivity index (χ4n) is 3.82. The summed E-state index contributed by atoms with van der Waals surface area (Å²) >= 11 is 2.19. The van der Waals surface area contributed by atoms with Gasteiger partial charge >= 0.3 is 18.6 Å². The van der Waals surface area contributed by atoms with Crippen molar-refractivity contribution < 1.29 is 31.6 Å². The van der Waals surface area contributed by atoms with Crippen molar-refractivity contribution in [3.63, 3.8) is 0 Å². The van der Waals surface area contributed by atoms with Crippen molar-refractivity contribution in [3.05, 3.63) is 108 Å². The first kappa shape index (κ1) is 27.4. The van der Waals surface area contributed by atoms with Gasteiger partial charge in [0, 0.05) is 23.1 Å². The van der Waals surface area contributed by atoms with Gasteiger partial charge in [0.15, 0.2) is 5.82 Å². The van der Waals surface area contributed by atoms with Crippen LogP contribution < -0.4 is 15.4 Å². The third-order valence-electron chi connectivity index (χ3n) is 5.57. The van der Waals surface area contributed by atoms with Gasteiger partial charge in [-0.1, -0.05) is 76.3 Å². The fourth-order valence-corrected chi connectivity index (χ4v) is 4.28. The van der Waals surface area contributed by atoms with Crippen LogP contribution in [-0.2, 0) is 16.4 Å². The molecule has 4 rings (SSSR count). The molecule has 0 aliphatic carbocycles. The van der Waals surface area contributed by atoms with Crippen LogP contribution in [-0.4, -0.2) is 28.7 Å². The topological polar surface area (TPSA) is 89.3 Å². The number of aromatic nitrogens is 2. The molecule has 1 atom stereocenters. The van der Waals surface area contributed by atoms with E-state index in [0.717, 1.165) is 17.2 Å². The van der Waals surface area contributed by atoms with E-state index in [1.165, 1.54) is 24.5 Å². The quantitative estimate of drug-likeness (QED) is 0.117. The molecule has 2 amide bonds. The molecule has 38 heavy (non-hydrogen) atoms. The third kappa shape index (κ3) is 6.41. The van der Waals surface area contributed by atoms with E-state index < -0.39 is 29.9 Å². The number of benzene rings is 2. The van der Waals surface area contributed by atoms with Crippen molar-refractivity contribution in [2.24, 2.45) is 0 Å². The van der Waals surface area contributed by atoms with Crippen LogP contribution in [0.25, 0.3) is 0 Å². The summed E-state index contributed by atoms with van der Waals surface area (Å²) in [6, 6.07) is 18.7. The molecule has 2 aromatic carbocycles. The minimum absolute atomic E-state index is 0.130. The first-order valence-corrected chi connectivity index (χ1v) is 12.7. The van der Waals surface area contributed by atoms with Crippen molar-refractivity contribution in [2.45, 2.75) is 28.9 Å². The van der Waals surface area contributed by atoms with Crippen molar-refractivity contribution in [2.75, 3.05) is 5.32 Å². The highest BCUT2D eigenvalue weighted by Gasteiger charge is 2.44. The third-order valence-corrected chi connectivity index (χ3v) is 6.45. The minimum atomic E-state index is -4.71. The number of carbonyl (C=O) groups is 1. The Kier molecular flexibility index (Phi) is 8.49. The molecule has 0 aliphatic rings. The number of hydrogen-bond donors (Lipinski definition) is 2. The first-order chi connectivity index (χ1) is 18.2. The molecule has 0 spiro atoms. The molecule has 0 unspecified atom stereocenters. The number of nitrogens with one attached hydrogen (secondary N) is 2. The number of carbonyl (C=O) groups excluding carboxylic acids is 1. The Hall–Kier alpha value is -3.68. The largest absolute Gasteiger partial charge is 0.461 e. The number of ether oxygens (including phenoxy) is 1. The lowest BCUT2D eigenvalue weighted by molar-refractivity contribution is -0.253. The van der Waals surface area contributed by atoms with Gasteiger partial charge in [0.25, 0.3) is 0 Å². The van der Waals surface area contributed by atoms with Crippen LogP contribution >= 0.6 is 22.6 Å². The Morgan fingerprint density at radius 2 is 1.82 bits per heavy atom. The second-order valence-electron chi connectivity index (χ2n) is 8.21. The highest BCUT2D eigenvalue weighted by molar-refractivity contribution is 14.1. The Bertz CT molecular complexity index is 1340. The fraction of sp³-hybridized carbons (Fsp3) is 0.192. The molecule has 7 nitrogen and oxygen atoms in total. The van der Waals surface area contributed by atoms with E-state index in [1.54, 1.807) is 18.3 Å². The zero-order valence-electron chi connectivity index (χ0n) is 19.6. The number of amides is 2. The summed E-state index contributed by atoms with van der Waals surface area (Å²) in [6.45, 7) is 0. The van der Waals surface area contributed by atoms with Gasteiger partial charge in [-0.3, -0.25) is 10.3 Å². The van der Waals surface area contributed by atoms with Crippen molar-refractivity contribution >= 4 is 34.4 Å². The summed E-state index contributed by atoms with van der Waals surface area (Å²) in [7, 11) is 0. The maximum Gasteiger partial charge on any atom is 0.461 e. The molecule has 0 bridgehead atoms. The van der Waals surface area contributed by atoms with Gasteiger partial charge in [0.2, 0.25) is 0 Å². The van der Waals surface area contributed by atoms with Gasteiger partial charge in [0.05, 0.1) is 5.69 Å². The van der Waals surface area contributed by atoms with Crippen LogP contribution in [0.2, 0.25) is 0 Å². The molecule has 2 N–H and O–H groups in total. The van der Waals surface area contributed by atoms with Crippen LogP contribution in [0.4, 0.5) is 28.2 Å². The number of rotatable bonds is 10. The van der Waals surface area contributed by atoms with Crippen molar-refractivity contribution in [3.8, 4) is 5.75 Å². The van der Waals surface area contributed by atoms with E-state index in [1.807, 2.05) is 36.4 Å². The lowest BCUT2D eigenvalue weighted by atomic mass is 9.80. The summed E-state index contributed by atoms with van der Waals surface area (Å²) in [5.41, 5.74) is 0.900. The van der Waals surface area contributed by atoms with Gasteiger partial charge in [-0.05, 0) is 34.9 Å². The molecule has 2 heterocycles. The van der Waals surface area contributed by atoms with Crippen molar-refractivity contribution in [1.82, 2.24) is 15.5 Å². The number of nitrogens with zero attached hydrogens (tertiary/aromatic N) is 2. The summed E-state index contributed by atoms with van der Waals surface area (Å²) in [5, 5.41) is 9.14. The summed E-state index contributed by atoms with van der Waals surface area (Å²) in [4.78, 5) is 17.8. The predicted molar refractivity (Wildman–Crippen MR) is 140 cm³/mol. The Morgan fingerprint density at radius 3 is 2.45 bits per heavy atom. The normalized spacial score (nSPS) is 13.1. The summed E-state index contributed by atoms with van der Waals surface area (Å²) in [6.07, 6.45) is -5.69. The zero-order chi connectivity index (χ0) is 27.2. The average Bonchev–Trinajstić information content (AvgIpc) is 3.41. The molecule has 0 radical (unpaired) electrons. The van der Waals surface area contributed by atoms with E-state index in [-0.39, 0.29) is 17.8 Å². The van der Waals surface area contributed by atoms with Crippen molar-refractivity contribution in [1.29, 1.82) is 0 Å². The number of urea groups is 1. The average molecular weight is 640 g/mol. The van der Waals surface area contributed by atoms with Gasteiger partial charge in [-0.2, -0.15) is 17.6 Å². The Morgan fingerprint density at radius 1 is 1.03 bits per heavy atom. The van der Waals surface area contributed by atoms with E-state index in [0.29, 0.717) is 10.1 Å². The lowest BCUT2D eigenvalue weighted by Crippen LogP contribution is -2.50. The standard InChI is InChI=1S/C26H21F4IN4O3/c27-23(28)26(29,30)38-20-8-4-7-19(13-20)25(14-17-5-2-1-3-6-17,21-10-9-18(15-31)16-32-21)34-24(36)33-22-11-12-37-35-22/h1-13,16,23H,14-15H2,(H2,33,34,35,36)/t25-/m0/s1. The highest BCUT2D eigenvalue weighted by Crippen LogP contribution is 2.36. The van der Waals surface area contributed by atoms with Crippen LogP contribution in [0, 0.1) is 0 Å². The highest BCUT2D eigenvalue weighted by atomic mass is 127. The Labute approximate surface area is 228 Å². The van der Waals surface area contributed by atoms with E-state index in [2.05, 4.69) is 48.1 Å². The van der Waals surface area contributed by atoms with Crippen LogP contribution in [0.3, 0.4) is 0 Å². The molecule has 2 aromatic heterocycles. The molecule has 0 aliphatic heterocycles. The Balaban J connectivity index is 1.85. The smallest absolute Gasteiger partial charge is 0.428 e. The number of hydrogen-bond acceptors (Lipinski definition) is 5. The second kappa shape index (κ2) is 11.8. The molecule has 4 aromatic rings. The van der Waals surface area contributed by atoms with E-state index in [9.17, 15) is 22.4 Å². The maximum atomic E-state index is 13.8. The summed E-state index contributed by atoms with van der Waals surface area (Å²) < 4.78 is 63.0.